The van der Waals surface area contributed by atoms with E-state index in [0.717, 1.165) is 11.1 Å². The van der Waals surface area contributed by atoms with Crippen molar-refractivity contribution in [3.05, 3.63) is 71.8 Å². The third kappa shape index (κ3) is 9.44. The average molecular weight is 545 g/mol. The highest BCUT2D eigenvalue weighted by atomic mass is 127. The highest BCUT2D eigenvalue weighted by Gasteiger charge is 2.22. The smallest absolute Gasteiger partial charge is 0.191 e. The Labute approximate surface area is 197 Å². The third-order valence-corrected chi connectivity index (χ3v) is 6.12. The van der Waals surface area contributed by atoms with E-state index in [1.165, 1.54) is 0 Å². The van der Waals surface area contributed by atoms with Gasteiger partial charge in [-0.15, -0.1) is 24.0 Å². The maximum atomic E-state index is 12.3. The summed E-state index contributed by atoms with van der Waals surface area (Å²) >= 11 is 0. The van der Waals surface area contributed by atoms with Crippen molar-refractivity contribution in [1.82, 2.24) is 10.6 Å². The van der Waals surface area contributed by atoms with Gasteiger partial charge in [-0.2, -0.15) is 0 Å². The number of sulfone groups is 1. The molecule has 0 saturated heterocycles. The summed E-state index contributed by atoms with van der Waals surface area (Å²) in [6.07, 6.45) is 0.481. The molecule has 30 heavy (non-hydrogen) atoms. The lowest BCUT2D eigenvalue weighted by atomic mass is 9.96. The summed E-state index contributed by atoms with van der Waals surface area (Å²) < 4.78 is 24.6. The van der Waals surface area contributed by atoms with Crippen LogP contribution in [0.3, 0.4) is 0 Å². The molecule has 0 spiro atoms. The fourth-order valence-electron chi connectivity index (χ4n) is 2.86. The molecule has 2 rings (SSSR count). The Balaban J connectivity index is 0.00000450. The molecule has 0 bridgehead atoms. The molecular weight excluding hydrogens is 513 g/mol. The Morgan fingerprint density at radius 2 is 1.63 bits per heavy atom. The van der Waals surface area contributed by atoms with Gasteiger partial charge in [0.25, 0.3) is 0 Å². The van der Waals surface area contributed by atoms with Gasteiger partial charge < -0.3 is 15.7 Å². The first-order valence-electron chi connectivity index (χ1n) is 9.87. The average Bonchev–Trinajstić information content (AvgIpc) is 2.70. The lowest BCUT2D eigenvalue weighted by molar-refractivity contribution is 0.0672. The van der Waals surface area contributed by atoms with Crippen molar-refractivity contribution in [2.45, 2.75) is 31.6 Å². The van der Waals surface area contributed by atoms with Gasteiger partial charge in [0, 0.05) is 13.1 Å². The van der Waals surface area contributed by atoms with Crippen LogP contribution in [0.1, 0.15) is 31.4 Å². The summed E-state index contributed by atoms with van der Waals surface area (Å²) in [5, 5.41) is 16.9. The van der Waals surface area contributed by atoms with Gasteiger partial charge in [0.15, 0.2) is 15.8 Å². The van der Waals surface area contributed by atoms with Crippen LogP contribution in [-0.2, 0) is 21.2 Å². The molecule has 0 fully saturated rings. The van der Waals surface area contributed by atoms with Crippen LogP contribution in [0.25, 0.3) is 0 Å². The zero-order valence-corrected chi connectivity index (χ0v) is 20.7. The van der Waals surface area contributed by atoms with E-state index in [4.69, 9.17) is 0 Å². The fraction of sp³-hybridized carbons (Fsp3) is 0.409. The molecule has 0 aliphatic rings. The molecule has 0 saturated carbocycles. The molecule has 0 aliphatic carbocycles. The van der Waals surface area contributed by atoms with Gasteiger partial charge >= 0.3 is 0 Å². The van der Waals surface area contributed by atoms with Crippen LogP contribution in [0.15, 0.2) is 65.7 Å². The molecule has 0 aliphatic heterocycles. The van der Waals surface area contributed by atoms with Crippen molar-refractivity contribution in [3.8, 4) is 0 Å². The minimum absolute atomic E-state index is 0. The van der Waals surface area contributed by atoms with E-state index in [-0.39, 0.29) is 42.0 Å². The van der Waals surface area contributed by atoms with E-state index in [1.807, 2.05) is 67.6 Å². The Kier molecular flexibility index (Phi) is 11.4. The standard InChI is InChI=1S/C22H31N3O3S.HI/c1-3-23-21(25-18-22(2,26)20-13-8-5-9-14-20)24-15-10-16-29(27,28)17-19-11-6-4-7-12-19;/h4-9,11-14,26H,3,10,15-18H2,1-2H3,(H2,23,24,25);1H. The molecule has 2 aromatic rings. The minimum Gasteiger partial charge on any atom is -0.384 e. The van der Waals surface area contributed by atoms with E-state index >= 15 is 0 Å². The molecule has 0 heterocycles. The summed E-state index contributed by atoms with van der Waals surface area (Å²) in [6.45, 7) is 5.03. The Morgan fingerprint density at radius 1 is 1.03 bits per heavy atom. The van der Waals surface area contributed by atoms with Crippen LogP contribution < -0.4 is 10.6 Å². The summed E-state index contributed by atoms with van der Waals surface area (Å²) in [7, 11) is -3.16. The second-order valence-corrected chi connectivity index (χ2v) is 9.38. The van der Waals surface area contributed by atoms with Gasteiger partial charge in [-0.1, -0.05) is 60.7 Å². The summed E-state index contributed by atoms with van der Waals surface area (Å²) in [6, 6.07) is 18.6. The van der Waals surface area contributed by atoms with Crippen LogP contribution in [0, 0.1) is 0 Å². The molecule has 166 valence electrons. The lowest BCUT2D eigenvalue weighted by Gasteiger charge is -2.22. The third-order valence-electron chi connectivity index (χ3n) is 4.44. The Morgan fingerprint density at radius 3 is 2.23 bits per heavy atom. The topological polar surface area (TPSA) is 90.8 Å². The van der Waals surface area contributed by atoms with Gasteiger partial charge in [-0.3, -0.25) is 0 Å². The number of guanidine groups is 1. The SMILES string of the molecule is CCNC(=NCC(C)(O)c1ccccc1)NCCCS(=O)(=O)Cc1ccccc1.I. The molecule has 0 radical (unpaired) electrons. The van der Waals surface area contributed by atoms with Crippen molar-refractivity contribution in [2.24, 2.45) is 4.99 Å². The van der Waals surface area contributed by atoms with Crippen molar-refractivity contribution in [2.75, 3.05) is 25.4 Å². The molecule has 1 atom stereocenters. The number of aliphatic imine (C=N–C) groups is 1. The lowest BCUT2D eigenvalue weighted by Crippen LogP contribution is -2.39. The van der Waals surface area contributed by atoms with Gasteiger partial charge in [-0.25, -0.2) is 13.4 Å². The molecule has 2 aromatic carbocycles. The zero-order chi connectivity index (χ0) is 21.2. The molecule has 0 aromatic heterocycles. The predicted molar refractivity (Wildman–Crippen MR) is 134 cm³/mol. The molecule has 3 N–H and O–H groups in total. The first-order valence-corrected chi connectivity index (χ1v) is 11.7. The summed E-state index contributed by atoms with van der Waals surface area (Å²) in [5.41, 5.74) is 0.521. The molecule has 1 unspecified atom stereocenters. The van der Waals surface area contributed by atoms with Crippen molar-refractivity contribution < 1.29 is 13.5 Å². The minimum atomic E-state index is -3.16. The van der Waals surface area contributed by atoms with Crippen LogP contribution in [0.4, 0.5) is 0 Å². The van der Waals surface area contributed by atoms with Crippen LogP contribution in [0.5, 0.6) is 0 Å². The molecule has 6 nitrogen and oxygen atoms in total. The van der Waals surface area contributed by atoms with Crippen molar-refractivity contribution in [3.63, 3.8) is 0 Å². The van der Waals surface area contributed by atoms with Gasteiger partial charge in [-0.05, 0) is 31.4 Å². The number of benzene rings is 2. The normalized spacial score (nSPS) is 13.8. The van der Waals surface area contributed by atoms with E-state index < -0.39 is 15.4 Å². The number of halogens is 1. The van der Waals surface area contributed by atoms with Crippen LogP contribution in [-0.4, -0.2) is 44.9 Å². The predicted octanol–water partition coefficient (Wildman–Crippen LogP) is 3.07. The highest BCUT2D eigenvalue weighted by Crippen LogP contribution is 2.20. The van der Waals surface area contributed by atoms with Gasteiger partial charge in [0.1, 0.15) is 5.60 Å². The van der Waals surface area contributed by atoms with Crippen molar-refractivity contribution >= 4 is 39.8 Å². The molecule has 8 heteroatoms. The first-order chi connectivity index (χ1) is 13.8. The highest BCUT2D eigenvalue weighted by molar-refractivity contribution is 14.0. The van der Waals surface area contributed by atoms with Crippen molar-refractivity contribution in [1.29, 1.82) is 0 Å². The second-order valence-electron chi connectivity index (χ2n) is 7.19. The molecule has 0 amide bonds. The molecular formula is C22H32IN3O3S. The maximum absolute atomic E-state index is 12.3. The number of nitrogens with one attached hydrogen (secondary N) is 2. The van der Waals surface area contributed by atoms with Crippen LogP contribution >= 0.6 is 24.0 Å². The monoisotopic (exact) mass is 545 g/mol. The Bertz CT molecular complexity index is 873. The fourth-order valence-corrected chi connectivity index (χ4v) is 4.29. The number of nitrogens with zero attached hydrogens (tertiary/aromatic N) is 1. The van der Waals surface area contributed by atoms with E-state index in [9.17, 15) is 13.5 Å². The number of hydrogen-bond donors (Lipinski definition) is 3. The maximum Gasteiger partial charge on any atom is 0.191 e. The van der Waals surface area contributed by atoms with Gasteiger partial charge in [0.2, 0.25) is 0 Å². The summed E-state index contributed by atoms with van der Waals surface area (Å²) in [4.78, 5) is 4.46. The largest absolute Gasteiger partial charge is 0.384 e. The van der Waals surface area contributed by atoms with Crippen LogP contribution in [0.2, 0.25) is 0 Å². The van der Waals surface area contributed by atoms with E-state index in [1.54, 1.807) is 6.92 Å². The number of hydrogen-bond acceptors (Lipinski definition) is 4. The summed E-state index contributed by atoms with van der Waals surface area (Å²) in [5.74, 6) is 0.724. The zero-order valence-electron chi connectivity index (χ0n) is 17.5. The van der Waals surface area contributed by atoms with Gasteiger partial charge in [0.05, 0.1) is 18.1 Å². The van der Waals surface area contributed by atoms with E-state index in [2.05, 4.69) is 15.6 Å². The first kappa shape index (κ1) is 26.4. The number of aliphatic hydroxyl groups is 1. The number of rotatable bonds is 10. The van der Waals surface area contributed by atoms with E-state index in [0.29, 0.717) is 25.5 Å². The quantitative estimate of drug-likeness (QED) is 0.185. The second kappa shape index (κ2) is 12.9. The Hall–Kier alpha value is -1.65.